The third-order valence-corrected chi connectivity index (χ3v) is 27.2. The molecule has 23 rings (SSSR count). The monoisotopic (exact) mass is 2700 g/mol. The SMILES string of the molecule is CC(C)(C)c1c[c-]c2c(c1)c1cc(C(C)(C)C)ccc1n1ccnc21.CC(C)(C)c1ccc(-c2cc(C(C)(C)C)cc3c4ccc[c-]c4c4nccn4c23)cc1.CC(C)c1cc(C(C)C)c(-c2ccc3c(c2)c2ccc[c-]c2c2nccn32)c(C(C)C)c1.Cc1cc2c3ccc[c-]c3c3nccn3c2cc1C.Cc1ccc2c(c1)c1ccc[c-]c1c1ncc(-c3c(C)cccc3C)n21.[Ir].[Ir].[Ir].[Ir].[Ir]. The van der Waals surface area contributed by atoms with Crippen molar-refractivity contribution < 1.29 is 101 Å². The van der Waals surface area contributed by atoms with Gasteiger partial charge in [0.25, 0.3) is 0 Å². The molecule has 15 heteroatoms. The molecule has 10 heterocycles. The van der Waals surface area contributed by atoms with Crippen LogP contribution in [-0.2, 0) is 122 Å². The molecule has 10 aromatic heterocycles. The topological polar surface area (TPSA) is 86.5 Å². The molecule has 23 aromatic rings. The van der Waals surface area contributed by atoms with Crippen molar-refractivity contribution in [2.45, 2.75) is 199 Å². The first-order valence-electron chi connectivity index (χ1n) is 47.0. The first-order chi connectivity index (χ1) is 63.6. The van der Waals surface area contributed by atoms with Gasteiger partial charge in [0, 0.05) is 195 Å². The van der Waals surface area contributed by atoms with Crippen LogP contribution in [0, 0.1) is 65.0 Å². The first kappa shape index (κ1) is 103. The fourth-order valence-corrected chi connectivity index (χ4v) is 19.6. The van der Waals surface area contributed by atoms with Gasteiger partial charge in [-0.1, -0.05) is 260 Å². The standard InChI is InChI=1S/C30H31N2.C29H29N2.C24H19N2.C23H25N2.C17H13N2.5Ir/c1-18(2)22-16-25(19(3)4)29(26(17-22)20(5)6)21-11-12-28-27(15-21)23-9-7-8-10-24(23)30-31-13-14-32(28)30;1-28(2,3)20-13-11-19(12-14-20)24-17-21(29(4,5)6)18-25-22-9-7-8-10-23(22)27-30-15-16-31(27)26(24)25;1-15-11-12-21-20(13-15)18-9-4-5-10-19(18)24-25-14-22(26(21)24)23-16(2)7-6-8-17(23)3;1-22(2,3)15-7-9-17-18(13-15)19-14-16(23(4,5)6)8-10-20(19)25-12-11-24-21(17)25;1-11-9-15-13-5-3-4-6-14(13)17-18-7-8-19(17)16(15)10-12(11)2;;;;;/h7-9,11-20H,1-6H3;7-9,11-18H,1-6H3;4-9,11-14H,1-3H3;7-8,10-14H,1-6H3;3-5,7-10H,1-2H3;;;;;/q5*-1;;;;;. The van der Waals surface area contributed by atoms with E-state index in [4.69, 9.17) is 4.98 Å². The fourth-order valence-electron chi connectivity index (χ4n) is 19.6. The third-order valence-electron chi connectivity index (χ3n) is 27.2. The van der Waals surface area contributed by atoms with E-state index >= 15 is 0 Å². The second-order valence-corrected chi connectivity index (χ2v) is 41.5. The van der Waals surface area contributed by atoms with Gasteiger partial charge >= 0.3 is 0 Å². The Morgan fingerprint density at radius 2 is 0.696 bits per heavy atom. The van der Waals surface area contributed by atoms with Gasteiger partial charge in [-0.15, -0.1) is 148 Å². The van der Waals surface area contributed by atoms with E-state index in [0.717, 1.165) is 60.9 Å². The van der Waals surface area contributed by atoms with Gasteiger partial charge in [0.2, 0.25) is 0 Å². The molecule has 0 N–H and O–H groups in total. The number of fused-ring (bicyclic) bond motifs is 30. The molecule has 0 bridgehead atoms. The quantitative estimate of drug-likeness (QED) is 0.122. The minimum atomic E-state index is 0. The number of hydrogen-bond donors (Lipinski definition) is 0. The van der Waals surface area contributed by atoms with E-state index in [1.807, 2.05) is 79.9 Å². The van der Waals surface area contributed by atoms with Crippen molar-refractivity contribution in [3.63, 3.8) is 0 Å². The zero-order valence-electron chi connectivity index (χ0n) is 82.9. The second kappa shape index (κ2) is 40.4. The molecule has 13 aromatic carbocycles. The minimum absolute atomic E-state index is 0. The van der Waals surface area contributed by atoms with Crippen LogP contribution < -0.4 is 0 Å². The molecule has 0 aliphatic rings. The Morgan fingerprint density at radius 1 is 0.290 bits per heavy atom. The fraction of sp³-hybridized carbons (Fsp3) is 0.244. The van der Waals surface area contributed by atoms with Crippen LogP contribution in [0.5, 0.6) is 0 Å². The van der Waals surface area contributed by atoms with Gasteiger partial charge in [-0.05, 0) is 204 Å². The minimum Gasteiger partial charge on any atom is -0.340 e. The van der Waals surface area contributed by atoms with Crippen molar-refractivity contribution in [3.8, 4) is 33.5 Å². The van der Waals surface area contributed by atoms with Crippen molar-refractivity contribution in [3.05, 3.63) is 371 Å². The predicted octanol–water partition coefficient (Wildman–Crippen LogP) is 32.3. The molecule has 0 saturated carbocycles. The van der Waals surface area contributed by atoms with Crippen LogP contribution >= 0.6 is 0 Å². The van der Waals surface area contributed by atoms with Gasteiger partial charge in [0.15, 0.2) is 0 Å². The molecular weight excluding hydrogens is 2580 g/mol. The number of pyridine rings is 5. The van der Waals surface area contributed by atoms with E-state index in [0.29, 0.717) is 17.8 Å². The molecule has 0 atom stereocenters. The summed E-state index contributed by atoms with van der Waals surface area (Å²) in [6.45, 7) is 51.8. The maximum Gasteiger partial charge on any atom is 0.0639 e. The summed E-state index contributed by atoms with van der Waals surface area (Å²) in [5.74, 6) is 1.43. The van der Waals surface area contributed by atoms with Crippen molar-refractivity contribution in [2.75, 3.05) is 0 Å². The van der Waals surface area contributed by atoms with Crippen LogP contribution in [0.1, 0.15) is 209 Å². The van der Waals surface area contributed by atoms with Gasteiger partial charge in [-0.3, -0.25) is 24.9 Å². The Balaban J connectivity index is 0.000000138. The average molecular weight is 2700 g/mol. The van der Waals surface area contributed by atoms with E-state index in [1.165, 1.54) is 176 Å². The molecular formula is C123H117Ir5N10-5. The predicted molar refractivity (Wildman–Crippen MR) is 562 cm³/mol. The maximum atomic E-state index is 4.81. The summed E-state index contributed by atoms with van der Waals surface area (Å²) in [5, 5.41) is 17.8. The summed E-state index contributed by atoms with van der Waals surface area (Å²) in [6.07, 6.45) is 17.7. The zero-order valence-corrected chi connectivity index (χ0v) is 94.8. The van der Waals surface area contributed by atoms with Crippen molar-refractivity contribution >= 4 is 137 Å². The molecule has 0 amide bonds. The van der Waals surface area contributed by atoms with Crippen molar-refractivity contribution in [1.29, 1.82) is 0 Å². The molecule has 138 heavy (non-hydrogen) atoms. The number of hydrogen-bond acceptors (Lipinski definition) is 5. The number of nitrogens with zero attached hydrogens (tertiary/aromatic N) is 10. The van der Waals surface area contributed by atoms with E-state index < -0.39 is 0 Å². The first-order valence-corrected chi connectivity index (χ1v) is 47.0. The molecule has 10 nitrogen and oxygen atoms in total. The number of aryl methyl sites for hydroxylation is 5. The van der Waals surface area contributed by atoms with Crippen molar-refractivity contribution in [2.24, 2.45) is 0 Å². The van der Waals surface area contributed by atoms with E-state index in [-0.39, 0.29) is 122 Å². The van der Waals surface area contributed by atoms with E-state index in [9.17, 15) is 0 Å². The molecule has 0 unspecified atom stereocenters. The zero-order chi connectivity index (χ0) is 93.3. The maximum absolute atomic E-state index is 4.81. The normalized spacial score (nSPS) is 11.9. The number of rotatable bonds is 6. The Morgan fingerprint density at radius 3 is 1.20 bits per heavy atom. The number of imidazole rings is 5. The summed E-state index contributed by atoms with van der Waals surface area (Å²) >= 11 is 0. The largest absolute Gasteiger partial charge is 0.340 e. The third kappa shape index (κ3) is 19.1. The summed E-state index contributed by atoms with van der Waals surface area (Å²) in [4.78, 5) is 23.2. The summed E-state index contributed by atoms with van der Waals surface area (Å²) < 4.78 is 11.0. The smallest absolute Gasteiger partial charge is 0.0639 e. The molecule has 5 radical (unpaired) electrons. The summed E-state index contributed by atoms with van der Waals surface area (Å²) in [6, 6.07) is 96.4. The van der Waals surface area contributed by atoms with Gasteiger partial charge in [0.05, 0.1) is 33.9 Å². The molecule has 0 aliphatic carbocycles. The summed E-state index contributed by atoms with van der Waals surface area (Å²) in [7, 11) is 0. The molecule has 0 saturated heterocycles. The van der Waals surface area contributed by atoms with Crippen LogP contribution in [0.3, 0.4) is 0 Å². The average Bonchev–Trinajstić information content (AvgIpc) is 1.55. The Kier molecular flexibility index (Phi) is 30.2. The Hall–Kier alpha value is -10.8. The number of aromatic nitrogens is 10. The van der Waals surface area contributed by atoms with Gasteiger partial charge < -0.3 is 22.0 Å². The van der Waals surface area contributed by atoms with Crippen LogP contribution in [0.15, 0.2) is 274 Å². The Labute approximate surface area is 879 Å². The van der Waals surface area contributed by atoms with Gasteiger partial charge in [-0.2, -0.15) is 0 Å². The van der Waals surface area contributed by atoms with E-state index in [1.54, 1.807) is 0 Å². The second-order valence-electron chi connectivity index (χ2n) is 41.5. The van der Waals surface area contributed by atoms with Gasteiger partial charge in [-0.25, -0.2) is 0 Å². The Bertz CT molecular complexity index is 8410. The van der Waals surface area contributed by atoms with Crippen LogP contribution in [-0.4, -0.2) is 46.9 Å². The number of benzene rings is 13. The summed E-state index contributed by atoms with van der Waals surface area (Å²) in [5.41, 5.74) is 34.9. The molecule has 0 aliphatic heterocycles. The van der Waals surface area contributed by atoms with Crippen molar-refractivity contribution in [1.82, 2.24) is 46.9 Å². The van der Waals surface area contributed by atoms with E-state index in [2.05, 4.69) is 426 Å². The van der Waals surface area contributed by atoms with Crippen LogP contribution in [0.4, 0.5) is 0 Å². The van der Waals surface area contributed by atoms with Crippen LogP contribution in [0.25, 0.3) is 170 Å². The van der Waals surface area contributed by atoms with Gasteiger partial charge in [0.1, 0.15) is 0 Å². The molecule has 0 spiro atoms. The molecule has 0 fully saturated rings. The van der Waals surface area contributed by atoms with Crippen LogP contribution in [0.2, 0.25) is 0 Å². The molecule has 709 valence electrons.